The van der Waals surface area contributed by atoms with Crippen molar-refractivity contribution in [2.45, 2.75) is 24.4 Å². The van der Waals surface area contributed by atoms with E-state index >= 15 is 0 Å². The average Bonchev–Trinajstić information content (AvgIpc) is 3.47. The van der Waals surface area contributed by atoms with Crippen LogP contribution in [0.5, 0.6) is 5.75 Å². The highest BCUT2D eigenvalue weighted by atomic mass is 32.2. The fourth-order valence-electron chi connectivity index (χ4n) is 4.34. The van der Waals surface area contributed by atoms with Crippen LogP contribution in [0.2, 0.25) is 0 Å². The first kappa shape index (κ1) is 28.7. The highest BCUT2D eigenvalue weighted by molar-refractivity contribution is 7.90. The van der Waals surface area contributed by atoms with E-state index in [-0.39, 0.29) is 40.1 Å². The smallest absolute Gasteiger partial charge is 0.405 e. The monoisotopic (exact) mass is 598 g/mol. The lowest BCUT2D eigenvalue weighted by molar-refractivity contribution is -0.115. The number of benzene rings is 2. The second-order valence-corrected chi connectivity index (χ2v) is 11.3. The number of nitrogen functional groups attached to an aromatic ring is 1. The zero-order valence-corrected chi connectivity index (χ0v) is 23.2. The minimum atomic E-state index is -4.53. The lowest BCUT2D eigenvalue weighted by Crippen LogP contribution is -2.22. The van der Waals surface area contributed by atoms with Crippen LogP contribution in [0.15, 0.2) is 66.1 Å². The maximum absolute atomic E-state index is 13.1. The van der Waals surface area contributed by atoms with Crippen LogP contribution in [-0.4, -0.2) is 63.7 Å². The minimum absolute atomic E-state index is 0.0435. The number of halogens is 3. The molecule has 2 aromatic carbocycles. The summed E-state index contributed by atoms with van der Waals surface area (Å²) in [5, 5.41) is 6.38. The van der Waals surface area contributed by atoms with Gasteiger partial charge in [-0.25, -0.2) is 28.1 Å². The molecule has 5 rings (SSSR count). The van der Waals surface area contributed by atoms with Crippen molar-refractivity contribution in [3.05, 3.63) is 72.3 Å². The summed E-state index contributed by atoms with van der Waals surface area (Å²) in [5.41, 5.74) is 9.12. The summed E-state index contributed by atoms with van der Waals surface area (Å²) in [7, 11) is -3.69. The Morgan fingerprint density at radius 1 is 1.02 bits per heavy atom. The zero-order valence-electron chi connectivity index (χ0n) is 22.4. The van der Waals surface area contributed by atoms with Gasteiger partial charge < -0.3 is 15.8 Å². The van der Waals surface area contributed by atoms with E-state index < -0.39 is 22.6 Å². The molecule has 3 N–H and O–H groups in total. The Hall–Kier alpha value is -4.79. The van der Waals surface area contributed by atoms with Crippen molar-refractivity contribution in [2.75, 3.05) is 30.5 Å². The average molecular weight is 599 g/mol. The molecule has 0 bridgehead atoms. The normalized spacial score (nSPS) is 12.0. The number of nitrogens with two attached hydrogens (primary N) is 1. The number of alkyl halides is 3. The van der Waals surface area contributed by atoms with Crippen LogP contribution in [0, 0.1) is 0 Å². The summed E-state index contributed by atoms with van der Waals surface area (Å²) in [5.74, 6) is -0.250. The minimum Gasteiger partial charge on any atom is -0.493 e. The third-order valence-corrected chi connectivity index (χ3v) is 7.28. The number of nitrogens with one attached hydrogen (secondary N) is 1. The van der Waals surface area contributed by atoms with E-state index in [1.165, 1.54) is 18.5 Å². The first-order valence-electron chi connectivity index (χ1n) is 12.6. The molecule has 3 aromatic heterocycles. The van der Waals surface area contributed by atoms with Gasteiger partial charge in [0, 0.05) is 11.8 Å². The van der Waals surface area contributed by atoms with Crippen LogP contribution in [-0.2, 0) is 16.3 Å². The standard InChI is InChI=1S/C27H25F3N8O3S/c1-3-41-21-9-6-17(12-22(21)42(2,39)40)20-11-18(10-16-4-7-19(8-5-16)38-15-32-14-34-38)23-24(35-20)25(37-26(31)36-23)33-13-27(28,29)30/h4-9,11-12,14-15H,3,10,13H2,1-2H3,(H3,31,33,36,37). The number of fused-ring (bicyclic) bond motifs is 1. The van der Waals surface area contributed by atoms with Gasteiger partial charge in [0.2, 0.25) is 5.95 Å². The van der Waals surface area contributed by atoms with Crippen LogP contribution in [0.25, 0.3) is 28.0 Å². The Bertz CT molecular complexity index is 1850. The molecule has 0 spiro atoms. The third kappa shape index (κ3) is 6.40. The van der Waals surface area contributed by atoms with Gasteiger partial charge in [-0.1, -0.05) is 12.1 Å². The lowest BCUT2D eigenvalue weighted by Gasteiger charge is -2.15. The van der Waals surface area contributed by atoms with E-state index in [2.05, 4.69) is 30.4 Å². The number of ether oxygens (including phenoxy) is 1. The van der Waals surface area contributed by atoms with Gasteiger partial charge in [0.15, 0.2) is 15.7 Å². The van der Waals surface area contributed by atoms with Crippen molar-refractivity contribution in [3.8, 4) is 22.7 Å². The molecule has 0 aliphatic carbocycles. The number of pyridine rings is 1. The van der Waals surface area contributed by atoms with Crippen LogP contribution in [0.3, 0.4) is 0 Å². The van der Waals surface area contributed by atoms with Gasteiger partial charge in [0.25, 0.3) is 0 Å². The summed E-state index contributed by atoms with van der Waals surface area (Å²) in [6.07, 6.45) is -0.184. The van der Waals surface area contributed by atoms with Crippen molar-refractivity contribution >= 4 is 32.6 Å². The predicted octanol–water partition coefficient (Wildman–Crippen LogP) is 4.22. The van der Waals surface area contributed by atoms with E-state index in [1.54, 1.807) is 30.1 Å². The molecule has 11 nitrogen and oxygen atoms in total. The molecule has 3 heterocycles. The van der Waals surface area contributed by atoms with Gasteiger partial charge in [0.05, 0.1) is 18.0 Å². The van der Waals surface area contributed by atoms with Gasteiger partial charge in [-0.15, -0.1) is 0 Å². The molecule has 5 aromatic rings. The number of rotatable bonds is 9. The summed E-state index contributed by atoms with van der Waals surface area (Å²) < 4.78 is 71.5. The number of sulfone groups is 1. The van der Waals surface area contributed by atoms with Gasteiger partial charge >= 0.3 is 6.18 Å². The fraction of sp³-hybridized carbons (Fsp3) is 0.222. The van der Waals surface area contributed by atoms with Gasteiger partial charge in [-0.2, -0.15) is 23.3 Å². The van der Waals surface area contributed by atoms with Crippen LogP contribution < -0.4 is 15.8 Å². The molecule has 0 aliphatic rings. The van der Waals surface area contributed by atoms with Gasteiger partial charge in [-0.05, 0) is 60.9 Å². The number of anilines is 2. The molecule has 0 atom stereocenters. The Morgan fingerprint density at radius 3 is 2.43 bits per heavy atom. The number of hydrogen-bond acceptors (Lipinski definition) is 10. The quantitative estimate of drug-likeness (QED) is 0.252. The van der Waals surface area contributed by atoms with Gasteiger partial charge in [-0.3, -0.25) is 0 Å². The lowest BCUT2D eigenvalue weighted by atomic mass is 10.0. The summed E-state index contributed by atoms with van der Waals surface area (Å²) in [6, 6.07) is 13.7. The molecule has 0 saturated heterocycles. The van der Waals surface area contributed by atoms with Crippen molar-refractivity contribution in [1.29, 1.82) is 0 Å². The van der Waals surface area contributed by atoms with Crippen molar-refractivity contribution in [3.63, 3.8) is 0 Å². The molecule has 0 amide bonds. The Morgan fingerprint density at radius 2 is 1.79 bits per heavy atom. The fourth-order valence-corrected chi connectivity index (χ4v) is 5.17. The highest BCUT2D eigenvalue weighted by Crippen LogP contribution is 2.33. The van der Waals surface area contributed by atoms with Crippen LogP contribution in [0.4, 0.5) is 24.9 Å². The van der Waals surface area contributed by atoms with Gasteiger partial charge in [0.1, 0.15) is 40.9 Å². The molecule has 0 aliphatic heterocycles. The van der Waals surface area contributed by atoms with Crippen molar-refractivity contribution < 1.29 is 26.3 Å². The molecule has 0 fully saturated rings. The van der Waals surface area contributed by atoms with Crippen LogP contribution >= 0.6 is 0 Å². The predicted molar refractivity (Wildman–Crippen MR) is 150 cm³/mol. The number of hydrogen-bond donors (Lipinski definition) is 2. The molecule has 0 radical (unpaired) electrons. The molecule has 0 saturated carbocycles. The molecule has 15 heteroatoms. The molecule has 0 unspecified atom stereocenters. The van der Waals surface area contributed by atoms with Crippen LogP contribution in [0.1, 0.15) is 18.1 Å². The summed E-state index contributed by atoms with van der Waals surface area (Å²) in [4.78, 5) is 16.8. The molecule has 218 valence electrons. The topological polar surface area (TPSA) is 151 Å². The van der Waals surface area contributed by atoms with Crippen molar-refractivity contribution in [2.24, 2.45) is 0 Å². The van der Waals surface area contributed by atoms with E-state index in [1.807, 2.05) is 24.3 Å². The zero-order chi connectivity index (χ0) is 30.1. The number of aromatic nitrogens is 6. The Balaban J connectivity index is 1.66. The SMILES string of the molecule is CCOc1ccc(-c2cc(Cc3ccc(-n4cncn4)cc3)c3nc(N)nc(NCC(F)(F)F)c3n2)cc1S(C)(=O)=O. The third-order valence-electron chi connectivity index (χ3n) is 6.16. The Kier molecular flexibility index (Phi) is 7.69. The van der Waals surface area contributed by atoms with E-state index in [0.29, 0.717) is 23.2 Å². The van der Waals surface area contributed by atoms with E-state index in [0.717, 1.165) is 17.5 Å². The number of nitrogens with zero attached hydrogens (tertiary/aromatic N) is 6. The highest BCUT2D eigenvalue weighted by Gasteiger charge is 2.28. The molecule has 42 heavy (non-hydrogen) atoms. The maximum atomic E-state index is 13.1. The maximum Gasteiger partial charge on any atom is 0.405 e. The summed E-state index contributed by atoms with van der Waals surface area (Å²) >= 11 is 0. The Labute approximate surface area is 238 Å². The molecular weight excluding hydrogens is 573 g/mol. The first-order valence-corrected chi connectivity index (χ1v) is 14.5. The first-order chi connectivity index (χ1) is 19.9. The molecular formula is C27H25F3N8O3S. The summed E-state index contributed by atoms with van der Waals surface area (Å²) in [6.45, 7) is 0.616. The van der Waals surface area contributed by atoms with E-state index in [4.69, 9.17) is 10.5 Å². The second-order valence-electron chi connectivity index (χ2n) is 9.31. The van der Waals surface area contributed by atoms with E-state index in [9.17, 15) is 21.6 Å². The second kappa shape index (κ2) is 11.2. The van der Waals surface area contributed by atoms with Crippen molar-refractivity contribution in [1.82, 2.24) is 29.7 Å². The largest absolute Gasteiger partial charge is 0.493 e.